The summed E-state index contributed by atoms with van der Waals surface area (Å²) < 4.78 is 26.6. The van der Waals surface area contributed by atoms with Crippen LogP contribution in [0.5, 0.6) is 0 Å². The highest BCUT2D eigenvalue weighted by molar-refractivity contribution is 7.89. The van der Waals surface area contributed by atoms with Gasteiger partial charge < -0.3 is 10.4 Å². The van der Waals surface area contributed by atoms with Crippen molar-refractivity contribution in [3.8, 4) is 0 Å². The van der Waals surface area contributed by atoms with Crippen LogP contribution in [0.2, 0.25) is 0 Å². The predicted octanol–water partition coefficient (Wildman–Crippen LogP) is 1.33. The summed E-state index contributed by atoms with van der Waals surface area (Å²) in [4.78, 5) is 11.0. The number of hydrogen-bond donors (Lipinski definition) is 3. The molecule has 0 aliphatic heterocycles. The molecule has 0 radical (unpaired) electrons. The second-order valence-electron chi connectivity index (χ2n) is 5.03. The number of hydrogen-bond acceptors (Lipinski definition) is 4. The number of sulfonamides is 1. The summed E-state index contributed by atoms with van der Waals surface area (Å²) >= 11 is 0. The van der Waals surface area contributed by atoms with Gasteiger partial charge in [-0.1, -0.05) is 6.92 Å². The van der Waals surface area contributed by atoms with Gasteiger partial charge in [0.25, 0.3) is 0 Å². The quantitative estimate of drug-likeness (QED) is 0.631. The number of nitrogens with one attached hydrogen (secondary N) is 2. The molecule has 0 aliphatic carbocycles. The highest BCUT2D eigenvalue weighted by Gasteiger charge is 2.13. The first-order valence-corrected chi connectivity index (χ1v) is 8.31. The van der Waals surface area contributed by atoms with E-state index in [1.165, 1.54) is 19.1 Å². The topological polar surface area (TPSA) is 95.5 Å². The number of amides is 1. The SMILES string of the molecule is CC(=O)Nc1ccc(S(=O)(=O)NCCCC(C)CO)cc1. The Morgan fingerprint density at radius 3 is 2.43 bits per heavy atom. The Kier molecular flexibility index (Phi) is 6.80. The van der Waals surface area contributed by atoms with Crippen molar-refractivity contribution in [1.29, 1.82) is 0 Å². The van der Waals surface area contributed by atoms with Crippen molar-refractivity contribution in [2.75, 3.05) is 18.5 Å². The molecule has 0 heterocycles. The van der Waals surface area contributed by atoms with Crippen molar-refractivity contribution >= 4 is 21.6 Å². The van der Waals surface area contributed by atoms with Crippen molar-refractivity contribution in [2.45, 2.75) is 31.6 Å². The maximum absolute atomic E-state index is 12.0. The average Bonchev–Trinajstić information content (AvgIpc) is 2.43. The first-order valence-electron chi connectivity index (χ1n) is 6.83. The Bertz CT molecular complexity index is 555. The number of rotatable bonds is 8. The third-order valence-corrected chi connectivity index (χ3v) is 4.44. The highest BCUT2D eigenvalue weighted by atomic mass is 32.2. The zero-order valence-corrected chi connectivity index (χ0v) is 13.1. The van der Waals surface area contributed by atoms with Crippen LogP contribution in [-0.2, 0) is 14.8 Å². The number of benzene rings is 1. The van der Waals surface area contributed by atoms with Crippen LogP contribution >= 0.6 is 0 Å². The number of carbonyl (C=O) groups is 1. The lowest BCUT2D eigenvalue weighted by atomic mass is 10.1. The van der Waals surface area contributed by atoms with Gasteiger partial charge in [0.15, 0.2) is 0 Å². The molecule has 0 saturated heterocycles. The van der Waals surface area contributed by atoms with E-state index < -0.39 is 10.0 Å². The fourth-order valence-corrected chi connectivity index (χ4v) is 2.83. The molecule has 1 amide bonds. The van der Waals surface area contributed by atoms with Crippen molar-refractivity contribution in [2.24, 2.45) is 5.92 Å². The van der Waals surface area contributed by atoms with Crippen LogP contribution in [0.1, 0.15) is 26.7 Å². The lowest BCUT2D eigenvalue weighted by Gasteiger charge is -2.10. The first kappa shape index (κ1) is 17.6. The molecule has 0 fully saturated rings. The van der Waals surface area contributed by atoms with E-state index >= 15 is 0 Å². The maximum Gasteiger partial charge on any atom is 0.240 e. The van der Waals surface area contributed by atoms with Gasteiger partial charge in [0.05, 0.1) is 4.90 Å². The van der Waals surface area contributed by atoms with Gasteiger partial charge in [0.1, 0.15) is 0 Å². The van der Waals surface area contributed by atoms with E-state index in [0.29, 0.717) is 18.7 Å². The molecule has 0 aromatic heterocycles. The minimum absolute atomic E-state index is 0.108. The van der Waals surface area contributed by atoms with Crippen LogP contribution < -0.4 is 10.0 Å². The minimum atomic E-state index is -3.54. The van der Waals surface area contributed by atoms with E-state index in [0.717, 1.165) is 6.42 Å². The molecule has 1 aromatic carbocycles. The van der Waals surface area contributed by atoms with Gasteiger partial charge >= 0.3 is 0 Å². The Labute approximate surface area is 125 Å². The van der Waals surface area contributed by atoms with Gasteiger partial charge in [-0.25, -0.2) is 13.1 Å². The zero-order chi connectivity index (χ0) is 15.9. The van der Waals surface area contributed by atoms with E-state index in [-0.39, 0.29) is 23.3 Å². The second-order valence-corrected chi connectivity index (χ2v) is 6.80. The fourth-order valence-electron chi connectivity index (χ4n) is 1.75. The highest BCUT2D eigenvalue weighted by Crippen LogP contribution is 2.14. The van der Waals surface area contributed by atoms with E-state index in [2.05, 4.69) is 10.0 Å². The van der Waals surface area contributed by atoms with Gasteiger partial charge in [0, 0.05) is 25.8 Å². The standard InChI is InChI=1S/C14H22N2O4S/c1-11(10-17)4-3-9-15-21(19,20)14-7-5-13(6-8-14)16-12(2)18/h5-8,11,15,17H,3-4,9-10H2,1-2H3,(H,16,18). The third-order valence-electron chi connectivity index (χ3n) is 2.96. The molecular formula is C14H22N2O4S. The van der Waals surface area contributed by atoms with E-state index in [9.17, 15) is 13.2 Å². The summed E-state index contributed by atoms with van der Waals surface area (Å²) in [5.74, 6) is -0.0341. The molecule has 3 N–H and O–H groups in total. The van der Waals surface area contributed by atoms with E-state index in [1.807, 2.05) is 6.92 Å². The third kappa shape index (κ3) is 6.24. The fraction of sp³-hybridized carbons (Fsp3) is 0.500. The molecule has 0 bridgehead atoms. The van der Waals surface area contributed by atoms with E-state index in [1.54, 1.807) is 12.1 Å². The van der Waals surface area contributed by atoms with Crippen LogP contribution in [-0.4, -0.2) is 32.6 Å². The van der Waals surface area contributed by atoms with Gasteiger partial charge in [-0.2, -0.15) is 0 Å². The summed E-state index contributed by atoms with van der Waals surface area (Å²) in [6.45, 7) is 3.74. The molecule has 1 unspecified atom stereocenters. The van der Waals surface area contributed by atoms with Crippen LogP contribution in [0.15, 0.2) is 29.2 Å². The van der Waals surface area contributed by atoms with Gasteiger partial charge in [-0.05, 0) is 43.0 Å². The summed E-state index contributed by atoms with van der Waals surface area (Å²) in [6.07, 6.45) is 1.44. The zero-order valence-electron chi connectivity index (χ0n) is 12.3. The average molecular weight is 314 g/mol. The van der Waals surface area contributed by atoms with Crippen LogP contribution in [0.25, 0.3) is 0 Å². The molecule has 118 valence electrons. The Hall–Kier alpha value is -1.44. The molecule has 0 aliphatic rings. The van der Waals surface area contributed by atoms with Gasteiger partial charge in [-0.3, -0.25) is 4.79 Å². The minimum Gasteiger partial charge on any atom is -0.396 e. The maximum atomic E-state index is 12.0. The Balaban J connectivity index is 2.56. The predicted molar refractivity (Wildman–Crippen MR) is 81.4 cm³/mol. The van der Waals surface area contributed by atoms with Crippen molar-refractivity contribution in [3.63, 3.8) is 0 Å². The number of aliphatic hydroxyl groups is 1. The smallest absolute Gasteiger partial charge is 0.240 e. The molecule has 0 spiro atoms. The number of carbonyl (C=O) groups excluding carboxylic acids is 1. The normalized spacial score (nSPS) is 12.9. The van der Waals surface area contributed by atoms with Crippen molar-refractivity contribution < 1.29 is 18.3 Å². The van der Waals surface area contributed by atoms with Crippen LogP contribution in [0, 0.1) is 5.92 Å². The van der Waals surface area contributed by atoms with Crippen LogP contribution in [0.4, 0.5) is 5.69 Å². The Morgan fingerprint density at radius 1 is 1.29 bits per heavy atom. The first-order chi connectivity index (χ1) is 9.85. The summed E-state index contributed by atoms with van der Waals surface area (Å²) in [7, 11) is -3.54. The molecule has 6 nitrogen and oxygen atoms in total. The Morgan fingerprint density at radius 2 is 1.90 bits per heavy atom. The lowest BCUT2D eigenvalue weighted by Crippen LogP contribution is -2.25. The van der Waals surface area contributed by atoms with E-state index in [4.69, 9.17) is 5.11 Å². The summed E-state index contributed by atoms with van der Waals surface area (Å²) in [5.41, 5.74) is 0.554. The lowest BCUT2D eigenvalue weighted by molar-refractivity contribution is -0.114. The molecule has 0 saturated carbocycles. The molecule has 7 heteroatoms. The van der Waals surface area contributed by atoms with Crippen LogP contribution in [0.3, 0.4) is 0 Å². The number of anilines is 1. The monoisotopic (exact) mass is 314 g/mol. The number of aliphatic hydroxyl groups excluding tert-OH is 1. The molecule has 1 atom stereocenters. The summed E-state index contributed by atoms with van der Waals surface area (Å²) in [6, 6.07) is 5.99. The van der Waals surface area contributed by atoms with Gasteiger partial charge in [-0.15, -0.1) is 0 Å². The largest absolute Gasteiger partial charge is 0.396 e. The van der Waals surface area contributed by atoms with Gasteiger partial charge in [0.2, 0.25) is 15.9 Å². The molecule has 1 rings (SSSR count). The molecule has 21 heavy (non-hydrogen) atoms. The molecular weight excluding hydrogens is 292 g/mol. The molecule has 1 aromatic rings. The van der Waals surface area contributed by atoms with Crippen molar-refractivity contribution in [1.82, 2.24) is 4.72 Å². The van der Waals surface area contributed by atoms with Crippen molar-refractivity contribution in [3.05, 3.63) is 24.3 Å². The second kappa shape index (κ2) is 8.11. The summed E-state index contributed by atoms with van der Waals surface area (Å²) in [5, 5.41) is 11.5.